The van der Waals surface area contributed by atoms with Crippen LogP contribution in [0.15, 0.2) is 18.3 Å². The van der Waals surface area contributed by atoms with Crippen LogP contribution in [-0.2, 0) is 12.8 Å². The average molecular weight is 290 g/mol. The van der Waals surface area contributed by atoms with Gasteiger partial charge in [0.1, 0.15) is 0 Å². The van der Waals surface area contributed by atoms with Crippen molar-refractivity contribution < 1.29 is 0 Å². The number of H-pyrrole nitrogens is 1. The summed E-state index contributed by atoms with van der Waals surface area (Å²) in [6.45, 7) is 3.28. The molecule has 3 rings (SSSR count). The van der Waals surface area contributed by atoms with Gasteiger partial charge in [-0.2, -0.15) is 0 Å². The Morgan fingerprint density at radius 2 is 2.26 bits per heavy atom. The second-order valence-electron chi connectivity index (χ2n) is 5.27. The summed E-state index contributed by atoms with van der Waals surface area (Å²) < 4.78 is 0.698. The minimum absolute atomic E-state index is 0.556. The third-order valence-corrected chi connectivity index (χ3v) is 4.74. The Labute approximate surface area is 124 Å². The molecule has 1 aliphatic rings. The third kappa shape index (κ3) is 2.12. The van der Waals surface area contributed by atoms with Crippen LogP contribution in [-0.4, -0.2) is 33.7 Å². The molecule has 1 aliphatic carbocycles. The van der Waals surface area contributed by atoms with Crippen LogP contribution in [0.4, 0.5) is 0 Å². The fourth-order valence-corrected chi connectivity index (χ4v) is 3.48. The summed E-state index contributed by atoms with van der Waals surface area (Å²) in [5.74, 6) is 0. The van der Waals surface area contributed by atoms with E-state index < -0.39 is 0 Å². The van der Waals surface area contributed by atoms with E-state index in [2.05, 4.69) is 54.8 Å². The Hall–Kier alpha value is -0.840. The maximum Gasteiger partial charge on any atom is 0.0750 e. The lowest BCUT2D eigenvalue weighted by Gasteiger charge is -2.31. The van der Waals surface area contributed by atoms with Crippen LogP contribution in [0.1, 0.15) is 23.6 Å². The molecule has 1 N–H and O–H groups in total. The van der Waals surface area contributed by atoms with Crippen molar-refractivity contribution in [1.82, 2.24) is 9.88 Å². The molecule has 1 atom stereocenters. The van der Waals surface area contributed by atoms with Crippen LogP contribution in [0.25, 0.3) is 10.9 Å². The number of aromatic nitrogens is 1. The van der Waals surface area contributed by atoms with Gasteiger partial charge in [-0.3, -0.25) is 0 Å². The smallest absolute Gasteiger partial charge is 0.0750 e. The van der Waals surface area contributed by atoms with Gasteiger partial charge in [0.2, 0.25) is 0 Å². The zero-order valence-corrected chi connectivity index (χ0v) is 12.9. The van der Waals surface area contributed by atoms with Crippen molar-refractivity contribution in [3.8, 4) is 0 Å². The molecule has 0 bridgehead atoms. The largest absolute Gasteiger partial charge is 0.361 e. The van der Waals surface area contributed by atoms with Gasteiger partial charge in [-0.1, -0.05) is 25.2 Å². The average Bonchev–Trinajstić information content (AvgIpc) is 2.82. The van der Waals surface area contributed by atoms with Gasteiger partial charge >= 0.3 is 0 Å². The SMILES string of the molecule is CCN(C)C1Cc2c[nH]c3ccc(C(=S)S)c(c23)C1. The lowest BCUT2D eigenvalue weighted by molar-refractivity contribution is 0.249. The molecule has 4 heteroatoms. The van der Waals surface area contributed by atoms with Gasteiger partial charge in [-0.05, 0) is 43.6 Å². The first-order valence-electron chi connectivity index (χ1n) is 6.67. The molecule has 0 saturated carbocycles. The van der Waals surface area contributed by atoms with Gasteiger partial charge < -0.3 is 9.88 Å². The first-order valence-corrected chi connectivity index (χ1v) is 7.52. The van der Waals surface area contributed by atoms with Gasteiger partial charge in [0.25, 0.3) is 0 Å². The van der Waals surface area contributed by atoms with E-state index in [1.54, 1.807) is 0 Å². The number of rotatable bonds is 3. The highest BCUT2D eigenvalue weighted by Gasteiger charge is 2.26. The molecule has 1 unspecified atom stereocenters. The molecule has 0 saturated heterocycles. The standard InChI is InChI=1S/C15H18N2S2/c1-3-17(2)10-6-9-8-16-13-5-4-11(15(18)19)12(7-10)14(9)13/h4-5,8,10,16H,3,6-7H2,1-2H3,(H,18,19). The normalized spacial score (nSPS) is 18.2. The first-order chi connectivity index (χ1) is 9.11. The molecule has 0 amide bonds. The summed E-state index contributed by atoms with van der Waals surface area (Å²) in [6, 6.07) is 4.77. The minimum Gasteiger partial charge on any atom is -0.361 e. The van der Waals surface area contributed by atoms with Gasteiger partial charge in [0, 0.05) is 28.7 Å². The number of nitrogens with zero attached hydrogens (tertiary/aromatic N) is 1. The van der Waals surface area contributed by atoms with Crippen LogP contribution in [0.3, 0.4) is 0 Å². The topological polar surface area (TPSA) is 19.0 Å². The van der Waals surface area contributed by atoms with Crippen molar-refractivity contribution in [3.05, 3.63) is 35.0 Å². The predicted octanol–water partition coefficient (Wildman–Crippen LogP) is 3.19. The molecule has 2 aromatic rings. The molecule has 19 heavy (non-hydrogen) atoms. The maximum absolute atomic E-state index is 5.29. The second-order valence-corrected chi connectivity index (χ2v) is 6.43. The van der Waals surface area contributed by atoms with Crippen molar-refractivity contribution in [2.75, 3.05) is 13.6 Å². The summed E-state index contributed by atoms with van der Waals surface area (Å²) in [4.78, 5) is 5.79. The summed E-state index contributed by atoms with van der Waals surface area (Å²) in [5.41, 5.74) is 5.12. The van der Waals surface area contributed by atoms with E-state index >= 15 is 0 Å². The number of thiocarbonyl (C=S) groups is 1. The first kappa shape index (κ1) is 13.2. The molecule has 1 aromatic carbocycles. The molecular weight excluding hydrogens is 272 g/mol. The highest BCUT2D eigenvalue weighted by atomic mass is 32.1. The van der Waals surface area contributed by atoms with E-state index in [1.807, 2.05) is 0 Å². The summed E-state index contributed by atoms with van der Waals surface area (Å²) in [7, 11) is 2.20. The van der Waals surface area contributed by atoms with E-state index in [4.69, 9.17) is 12.2 Å². The molecular formula is C15H18N2S2. The van der Waals surface area contributed by atoms with E-state index in [0.717, 1.165) is 24.9 Å². The molecule has 1 heterocycles. The molecule has 0 fully saturated rings. The highest BCUT2D eigenvalue weighted by Crippen LogP contribution is 2.34. The molecule has 100 valence electrons. The predicted molar refractivity (Wildman–Crippen MR) is 88.5 cm³/mol. The number of aromatic amines is 1. The molecule has 1 aromatic heterocycles. The summed E-state index contributed by atoms with van der Waals surface area (Å²) in [5, 5.41) is 1.37. The van der Waals surface area contributed by atoms with Gasteiger partial charge in [-0.15, -0.1) is 12.6 Å². The van der Waals surface area contributed by atoms with E-state index in [0.29, 0.717) is 10.2 Å². The lowest BCUT2D eigenvalue weighted by atomic mass is 9.86. The fourth-order valence-electron chi connectivity index (χ4n) is 3.08. The van der Waals surface area contributed by atoms with Crippen molar-refractivity contribution >= 4 is 39.9 Å². The molecule has 0 spiro atoms. The number of hydrogen-bond donors (Lipinski definition) is 2. The molecule has 0 aliphatic heterocycles. The summed E-state index contributed by atoms with van der Waals surface area (Å²) in [6.07, 6.45) is 4.32. The number of benzene rings is 1. The number of nitrogens with one attached hydrogen (secondary N) is 1. The van der Waals surface area contributed by atoms with Crippen LogP contribution in [0, 0.1) is 0 Å². The van der Waals surface area contributed by atoms with Crippen molar-refractivity contribution in [2.24, 2.45) is 0 Å². The second kappa shape index (κ2) is 4.93. The monoisotopic (exact) mass is 290 g/mol. The minimum atomic E-state index is 0.556. The molecule has 0 radical (unpaired) electrons. The molecule has 2 nitrogen and oxygen atoms in total. The highest BCUT2D eigenvalue weighted by molar-refractivity contribution is 8.11. The van der Waals surface area contributed by atoms with E-state index in [9.17, 15) is 0 Å². The fraction of sp³-hybridized carbons (Fsp3) is 0.400. The summed E-state index contributed by atoms with van der Waals surface area (Å²) >= 11 is 9.68. The Morgan fingerprint density at radius 1 is 1.47 bits per heavy atom. The lowest BCUT2D eigenvalue weighted by Crippen LogP contribution is -2.37. The Morgan fingerprint density at radius 3 is 2.95 bits per heavy atom. The maximum atomic E-state index is 5.29. The Bertz CT molecular complexity index is 645. The zero-order valence-electron chi connectivity index (χ0n) is 11.2. The zero-order chi connectivity index (χ0) is 13.6. The number of hydrogen-bond acceptors (Lipinski definition) is 2. The van der Waals surface area contributed by atoms with Crippen molar-refractivity contribution in [1.29, 1.82) is 0 Å². The van der Waals surface area contributed by atoms with Crippen molar-refractivity contribution in [3.63, 3.8) is 0 Å². The number of likely N-dealkylation sites (N-methyl/N-ethyl adjacent to an activating group) is 1. The third-order valence-electron chi connectivity index (χ3n) is 4.28. The van der Waals surface area contributed by atoms with Gasteiger partial charge in [0.05, 0.1) is 4.20 Å². The van der Waals surface area contributed by atoms with E-state index in [1.165, 1.54) is 22.0 Å². The van der Waals surface area contributed by atoms with Crippen LogP contribution in [0.5, 0.6) is 0 Å². The Balaban J connectivity index is 2.16. The van der Waals surface area contributed by atoms with Gasteiger partial charge in [-0.25, -0.2) is 0 Å². The van der Waals surface area contributed by atoms with Crippen molar-refractivity contribution in [2.45, 2.75) is 25.8 Å². The number of thiol groups is 1. The van der Waals surface area contributed by atoms with Crippen LogP contribution in [0.2, 0.25) is 0 Å². The van der Waals surface area contributed by atoms with Crippen LogP contribution < -0.4 is 0 Å². The van der Waals surface area contributed by atoms with Gasteiger partial charge in [0.15, 0.2) is 0 Å². The van der Waals surface area contributed by atoms with E-state index in [-0.39, 0.29) is 0 Å². The van der Waals surface area contributed by atoms with Crippen LogP contribution >= 0.6 is 24.8 Å². The Kier molecular flexibility index (Phi) is 3.41. The quantitative estimate of drug-likeness (QED) is 0.668.